The molecular weight excluding hydrogens is 401 g/mol. The van der Waals surface area contributed by atoms with Crippen LogP contribution in [0.2, 0.25) is 0 Å². The maximum absolute atomic E-state index is 14.2. The number of H-pyrrole nitrogens is 1. The van der Waals surface area contributed by atoms with Crippen LogP contribution in [0.5, 0.6) is 0 Å². The topological polar surface area (TPSA) is 85.2 Å². The second-order valence-electron chi connectivity index (χ2n) is 8.83. The summed E-state index contributed by atoms with van der Waals surface area (Å²) in [6.07, 6.45) is 2.76. The van der Waals surface area contributed by atoms with Gasteiger partial charge in [-0.15, -0.1) is 0 Å². The van der Waals surface area contributed by atoms with Gasteiger partial charge in [0.2, 0.25) is 0 Å². The van der Waals surface area contributed by atoms with Crippen molar-refractivity contribution < 1.29 is 13.9 Å². The molecule has 0 aliphatic carbocycles. The molecule has 3 aromatic rings. The van der Waals surface area contributed by atoms with Gasteiger partial charge in [-0.2, -0.15) is 5.10 Å². The quantitative estimate of drug-likeness (QED) is 0.678. The zero-order chi connectivity index (χ0) is 22.5. The Labute approximate surface area is 179 Å². The number of imidazole rings is 1. The van der Waals surface area contributed by atoms with E-state index >= 15 is 0 Å². The Kier molecular flexibility index (Phi) is 4.99. The Bertz CT molecular complexity index is 1190. The van der Waals surface area contributed by atoms with E-state index in [1.807, 2.05) is 20.8 Å². The number of carbonyl (C=O) groups is 1. The van der Waals surface area contributed by atoms with Gasteiger partial charge in [0.05, 0.1) is 18.8 Å². The molecule has 0 bridgehead atoms. The van der Waals surface area contributed by atoms with Gasteiger partial charge in [0.25, 0.3) is 0 Å². The molecule has 0 unspecified atom stereocenters. The number of carbonyl (C=O) groups excluding carboxylic acids is 1. The smallest absolute Gasteiger partial charge is 0.410 e. The Morgan fingerprint density at radius 1 is 1.19 bits per heavy atom. The molecular formula is C22H26FN5O3. The molecule has 31 heavy (non-hydrogen) atoms. The molecule has 9 heteroatoms. The van der Waals surface area contributed by atoms with Crippen molar-refractivity contribution in [1.82, 2.24) is 24.2 Å². The number of fused-ring (bicyclic) bond motifs is 1. The van der Waals surface area contributed by atoms with Gasteiger partial charge in [0.15, 0.2) is 0 Å². The molecule has 4 rings (SSSR count). The van der Waals surface area contributed by atoms with Crippen LogP contribution in [-0.4, -0.2) is 42.5 Å². The lowest BCUT2D eigenvalue weighted by atomic mass is 10.0. The van der Waals surface area contributed by atoms with Crippen molar-refractivity contribution in [3.63, 3.8) is 0 Å². The zero-order valence-corrected chi connectivity index (χ0v) is 18.3. The summed E-state index contributed by atoms with van der Waals surface area (Å²) in [6.45, 7) is 10.0. The van der Waals surface area contributed by atoms with Crippen LogP contribution >= 0.6 is 0 Å². The highest BCUT2D eigenvalue weighted by molar-refractivity contribution is 5.73. The molecule has 8 nitrogen and oxygen atoms in total. The van der Waals surface area contributed by atoms with Crippen molar-refractivity contribution in [2.45, 2.75) is 53.3 Å². The second kappa shape index (κ2) is 7.40. The first-order valence-electron chi connectivity index (χ1n) is 10.2. The van der Waals surface area contributed by atoms with Crippen LogP contribution in [0.1, 0.15) is 37.6 Å². The SMILES string of the molecule is Cc1cc(-c2nn3c(c2-n2cc[nH]c2=O)CN(C(=O)OC(C)(C)C)CC3)cc(C)c1F. The molecule has 1 aliphatic heterocycles. The number of benzene rings is 1. The summed E-state index contributed by atoms with van der Waals surface area (Å²) < 4.78 is 23.0. The normalized spacial score (nSPS) is 13.9. The van der Waals surface area contributed by atoms with Crippen LogP contribution in [0.3, 0.4) is 0 Å². The molecule has 0 fully saturated rings. The van der Waals surface area contributed by atoms with E-state index in [9.17, 15) is 14.0 Å². The number of aryl methyl sites for hydroxylation is 2. The number of halogens is 1. The van der Waals surface area contributed by atoms with E-state index in [1.165, 1.54) is 4.57 Å². The third-order valence-corrected chi connectivity index (χ3v) is 5.20. The number of nitrogens with zero attached hydrogens (tertiary/aromatic N) is 4. The molecule has 0 spiro atoms. The van der Waals surface area contributed by atoms with Crippen LogP contribution in [0, 0.1) is 19.7 Å². The number of aromatic amines is 1. The molecule has 3 heterocycles. The average Bonchev–Trinajstić information content (AvgIpc) is 3.26. The van der Waals surface area contributed by atoms with Gasteiger partial charge >= 0.3 is 11.8 Å². The standard InChI is InChI=1S/C22H26FN5O3/c1-13-10-15(11-14(2)17(13)23)18-19(27-7-6-24-20(27)29)16-12-26(8-9-28(16)25-18)21(30)31-22(3,4)5/h6-7,10-11H,8-9,12H2,1-5H3,(H,24,29). The monoisotopic (exact) mass is 427 g/mol. The zero-order valence-electron chi connectivity index (χ0n) is 18.3. The molecule has 1 amide bonds. The Balaban J connectivity index is 1.84. The largest absolute Gasteiger partial charge is 0.444 e. The Hall–Kier alpha value is -3.36. The van der Waals surface area contributed by atoms with E-state index in [1.54, 1.807) is 48.0 Å². The average molecular weight is 427 g/mol. The van der Waals surface area contributed by atoms with Gasteiger partial charge < -0.3 is 14.6 Å². The molecule has 1 aliphatic rings. The summed E-state index contributed by atoms with van der Waals surface area (Å²) in [7, 11) is 0. The third kappa shape index (κ3) is 3.87. The summed E-state index contributed by atoms with van der Waals surface area (Å²) >= 11 is 0. The predicted molar refractivity (Wildman–Crippen MR) is 114 cm³/mol. The first-order chi connectivity index (χ1) is 14.5. The predicted octanol–water partition coefficient (Wildman–Crippen LogP) is 3.54. The van der Waals surface area contributed by atoms with Crippen molar-refractivity contribution in [3.05, 3.63) is 57.6 Å². The van der Waals surface area contributed by atoms with E-state index in [2.05, 4.69) is 4.98 Å². The first-order valence-corrected chi connectivity index (χ1v) is 10.2. The minimum atomic E-state index is -0.608. The van der Waals surface area contributed by atoms with E-state index in [4.69, 9.17) is 9.84 Å². The summed E-state index contributed by atoms with van der Waals surface area (Å²) in [4.78, 5) is 29.4. The lowest BCUT2D eigenvalue weighted by molar-refractivity contribution is 0.0194. The lowest BCUT2D eigenvalue weighted by Crippen LogP contribution is -2.42. The summed E-state index contributed by atoms with van der Waals surface area (Å²) in [5.41, 5.74) is 2.65. The minimum Gasteiger partial charge on any atom is -0.444 e. The van der Waals surface area contributed by atoms with Gasteiger partial charge in [-0.05, 0) is 57.9 Å². The molecule has 2 aromatic heterocycles. The molecule has 0 saturated carbocycles. The van der Waals surface area contributed by atoms with Crippen LogP contribution in [0.15, 0.2) is 29.3 Å². The molecule has 0 saturated heterocycles. The van der Waals surface area contributed by atoms with Gasteiger partial charge in [0.1, 0.15) is 22.8 Å². The number of nitrogens with one attached hydrogen (secondary N) is 1. The second-order valence-corrected chi connectivity index (χ2v) is 8.83. The number of aromatic nitrogens is 4. The van der Waals surface area contributed by atoms with Crippen molar-refractivity contribution in [2.75, 3.05) is 6.54 Å². The van der Waals surface area contributed by atoms with Crippen LogP contribution in [0.4, 0.5) is 9.18 Å². The molecule has 0 atom stereocenters. The maximum Gasteiger partial charge on any atom is 0.410 e. The van der Waals surface area contributed by atoms with E-state index < -0.39 is 11.7 Å². The third-order valence-electron chi connectivity index (χ3n) is 5.20. The fourth-order valence-electron chi connectivity index (χ4n) is 3.81. The highest BCUT2D eigenvalue weighted by atomic mass is 19.1. The Morgan fingerprint density at radius 2 is 1.87 bits per heavy atom. The first kappa shape index (κ1) is 20.9. The summed E-state index contributed by atoms with van der Waals surface area (Å²) in [6, 6.07) is 3.45. The number of hydrogen-bond donors (Lipinski definition) is 1. The number of amides is 1. The minimum absolute atomic E-state index is 0.244. The lowest BCUT2D eigenvalue weighted by Gasteiger charge is -2.30. The van der Waals surface area contributed by atoms with Crippen molar-refractivity contribution in [1.29, 1.82) is 0 Å². The van der Waals surface area contributed by atoms with Crippen molar-refractivity contribution in [2.24, 2.45) is 0 Å². The molecule has 1 aromatic carbocycles. The number of hydrogen-bond acceptors (Lipinski definition) is 4. The highest BCUT2D eigenvalue weighted by Crippen LogP contribution is 2.33. The van der Waals surface area contributed by atoms with Gasteiger partial charge in [-0.25, -0.2) is 14.0 Å². The van der Waals surface area contributed by atoms with E-state index in [-0.39, 0.29) is 18.1 Å². The van der Waals surface area contributed by atoms with Gasteiger partial charge in [-0.3, -0.25) is 9.25 Å². The number of ether oxygens (including phenoxy) is 1. The van der Waals surface area contributed by atoms with Crippen LogP contribution < -0.4 is 5.69 Å². The molecule has 164 valence electrons. The van der Waals surface area contributed by atoms with E-state index in [0.29, 0.717) is 46.9 Å². The summed E-state index contributed by atoms with van der Waals surface area (Å²) in [5.74, 6) is -0.260. The van der Waals surface area contributed by atoms with Crippen LogP contribution in [0.25, 0.3) is 16.9 Å². The van der Waals surface area contributed by atoms with E-state index in [0.717, 1.165) is 0 Å². The summed E-state index contributed by atoms with van der Waals surface area (Å²) in [5, 5.41) is 4.74. The van der Waals surface area contributed by atoms with Crippen molar-refractivity contribution in [3.8, 4) is 16.9 Å². The van der Waals surface area contributed by atoms with Crippen LogP contribution in [-0.2, 0) is 17.8 Å². The maximum atomic E-state index is 14.2. The van der Waals surface area contributed by atoms with Gasteiger partial charge in [-0.1, -0.05) is 0 Å². The fourth-order valence-corrected chi connectivity index (χ4v) is 3.81. The highest BCUT2D eigenvalue weighted by Gasteiger charge is 2.31. The van der Waals surface area contributed by atoms with Gasteiger partial charge in [0, 0.05) is 24.5 Å². The molecule has 0 radical (unpaired) electrons. The fraction of sp³-hybridized carbons (Fsp3) is 0.409. The Morgan fingerprint density at radius 3 is 2.45 bits per heavy atom. The molecule has 1 N–H and O–H groups in total. The number of rotatable bonds is 2. The van der Waals surface area contributed by atoms with Crippen molar-refractivity contribution >= 4 is 6.09 Å².